The van der Waals surface area contributed by atoms with Crippen LogP contribution in [0.25, 0.3) is 0 Å². The van der Waals surface area contributed by atoms with Crippen LogP contribution in [0, 0.1) is 0 Å². The van der Waals surface area contributed by atoms with Gasteiger partial charge in [0.25, 0.3) is 5.91 Å². The number of carbonyl (C=O) groups excluding carboxylic acids is 1. The van der Waals surface area contributed by atoms with Gasteiger partial charge in [-0.05, 0) is 31.5 Å². The normalized spacial score (nSPS) is 12.6. The lowest BCUT2D eigenvalue weighted by atomic mass is 10.2. The minimum absolute atomic E-state index is 0.231. The first-order valence-electron chi connectivity index (χ1n) is 8.15. The molecule has 0 fully saturated rings. The third-order valence-corrected chi connectivity index (χ3v) is 5.70. The second-order valence-corrected chi connectivity index (χ2v) is 7.27. The van der Waals surface area contributed by atoms with E-state index in [2.05, 4.69) is 10.9 Å². The van der Waals surface area contributed by atoms with Gasteiger partial charge in [0.1, 0.15) is 0 Å². The number of rotatable bonds is 9. The Morgan fingerprint density at radius 3 is 2.00 bits per heavy atom. The molecule has 2 N–H and O–H groups in total. The average Bonchev–Trinajstić information content (AvgIpc) is 2.63. The first-order valence-corrected chi connectivity index (χ1v) is 9.76. The fraction of sp³-hybridized carbons (Fsp3) is 0.278. The molecular formula is C18H23N2O4P. The molecule has 0 bridgehead atoms. The zero-order valence-corrected chi connectivity index (χ0v) is 15.2. The molecule has 0 aliphatic heterocycles. The minimum Gasteiger partial charge on any atom is -0.307 e. The largest absolute Gasteiger partial charge is 0.353 e. The van der Waals surface area contributed by atoms with Crippen molar-refractivity contribution in [3.8, 4) is 0 Å². The number of hydrazine groups is 1. The summed E-state index contributed by atoms with van der Waals surface area (Å²) in [6, 6.07) is 17.9. The van der Waals surface area contributed by atoms with E-state index >= 15 is 0 Å². The molecular weight excluding hydrogens is 339 g/mol. The summed E-state index contributed by atoms with van der Waals surface area (Å²) >= 11 is 0. The smallest absolute Gasteiger partial charge is 0.307 e. The summed E-state index contributed by atoms with van der Waals surface area (Å²) in [5, 5.41) is 0. The molecule has 0 aliphatic carbocycles. The molecule has 25 heavy (non-hydrogen) atoms. The molecule has 2 rings (SSSR count). The van der Waals surface area contributed by atoms with Crippen LogP contribution < -0.4 is 10.9 Å². The zero-order valence-electron chi connectivity index (χ0n) is 14.3. The van der Waals surface area contributed by atoms with E-state index in [1.165, 1.54) is 0 Å². The van der Waals surface area contributed by atoms with E-state index in [-0.39, 0.29) is 19.1 Å². The second-order valence-electron chi connectivity index (χ2n) is 5.15. The van der Waals surface area contributed by atoms with Gasteiger partial charge in [-0.1, -0.05) is 48.5 Å². The van der Waals surface area contributed by atoms with Crippen LogP contribution in [-0.2, 0) is 13.6 Å². The zero-order chi connectivity index (χ0) is 18.1. The van der Waals surface area contributed by atoms with E-state index in [4.69, 9.17) is 9.05 Å². The van der Waals surface area contributed by atoms with Crippen molar-refractivity contribution in [2.75, 3.05) is 13.2 Å². The lowest BCUT2D eigenvalue weighted by Crippen LogP contribution is -2.40. The number of carbonyl (C=O) groups is 1. The van der Waals surface area contributed by atoms with E-state index in [0.29, 0.717) is 11.1 Å². The van der Waals surface area contributed by atoms with Gasteiger partial charge >= 0.3 is 7.60 Å². The molecule has 2 aromatic carbocycles. The molecule has 1 amide bonds. The van der Waals surface area contributed by atoms with Crippen LogP contribution in [0.1, 0.15) is 35.6 Å². The Morgan fingerprint density at radius 2 is 1.48 bits per heavy atom. The molecule has 1 atom stereocenters. The van der Waals surface area contributed by atoms with Gasteiger partial charge in [0, 0.05) is 5.56 Å². The summed E-state index contributed by atoms with van der Waals surface area (Å²) in [5.41, 5.74) is 6.62. The van der Waals surface area contributed by atoms with E-state index in [0.717, 1.165) is 0 Å². The number of hydrogen-bond donors (Lipinski definition) is 2. The molecule has 2 aromatic rings. The molecule has 0 saturated carbocycles. The van der Waals surface area contributed by atoms with Crippen LogP contribution in [0.5, 0.6) is 0 Å². The van der Waals surface area contributed by atoms with Gasteiger partial charge in [-0.25, -0.2) is 5.43 Å². The maximum absolute atomic E-state index is 13.2. The highest BCUT2D eigenvalue weighted by atomic mass is 31.2. The molecule has 1 unspecified atom stereocenters. The average molecular weight is 362 g/mol. The van der Waals surface area contributed by atoms with Crippen molar-refractivity contribution in [2.45, 2.75) is 19.6 Å². The quantitative estimate of drug-likeness (QED) is 0.523. The highest BCUT2D eigenvalue weighted by Gasteiger charge is 2.37. The summed E-state index contributed by atoms with van der Waals surface area (Å²) in [4.78, 5) is 12.3. The van der Waals surface area contributed by atoms with Crippen LogP contribution in [0.4, 0.5) is 0 Å². The maximum atomic E-state index is 13.2. The van der Waals surface area contributed by atoms with Gasteiger partial charge < -0.3 is 9.05 Å². The molecule has 0 aliphatic rings. The van der Waals surface area contributed by atoms with Gasteiger partial charge in [0.05, 0.1) is 13.2 Å². The third-order valence-electron chi connectivity index (χ3n) is 3.41. The summed E-state index contributed by atoms with van der Waals surface area (Å²) < 4.78 is 24.1. The Balaban J connectivity index is 2.23. The Labute approximate surface area is 148 Å². The predicted molar refractivity (Wildman–Crippen MR) is 97.1 cm³/mol. The Bertz CT molecular complexity index is 700. The van der Waals surface area contributed by atoms with Crippen molar-refractivity contribution in [1.29, 1.82) is 0 Å². The minimum atomic E-state index is -3.52. The van der Waals surface area contributed by atoms with Crippen LogP contribution in [0.15, 0.2) is 60.7 Å². The first-order chi connectivity index (χ1) is 12.1. The van der Waals surface area contributed by atoms with Crippen molar-refractivity contribution in [3.05, 3.63) is 71.8 Å². The van der Waals surface area contributed by atoms with Crippen molar-refractivity contribution >= 4 is 13.5 Å². The number of amides is 1. The van der Waals surface area contributed by atoms with Crippen molar-refractivity contribution in [1.82, 2.24) is 10.9 Å². The molecule has 6 nitrogen and oxygen atoms in total. The molecule has 0 aromatic heterocycles. The van der Waals surface area contributed by atoms with Crippen LogP contribution in [0.2, 0.25) is 0 Å². The highest BCUT2D eigenvalue weighted by Crippen LogP contribution is 2.59. The number of benzene rings is 2. The van der Waals surface area contributed by atoms with E-state index in [9.17, 15) is 9.36 Å². The highest BCUT2D eigenvalue weighted by molar-refractivity contribution is 7.54. The summed E-state index contributed by atoms with van der Waals surface area (Å²) in [5.74, 6) is -1.15. The van der Waals surface area contributed by atoms with E-state index < -0.39 is 13.4 Å². The van der Waals surface area contributed by atoms with Crippen molar-refractivity contribution < 1.29 is 18.4 Å². The summed E-state index contributed by atoms with van der Waals surface area (Å²) in [6.45, 7) is 3.95. The number of nitrogens with one attached hydrogen (secondary N) is 2. The van der Waals surface area contributed by atoms with Crippen LogP contribution >= 0.6 is 7.60 Å². The standard InChI is InChI=1S/C18H23N2O4P/c1-3-23-25(22,24-4-2)18(16-13-9-6-10-14-16)20-19-17(21)15-11-7-5-8-12-15/h5-14,18,20H,3-4H2,1-2H3,(H,19,21). The molecule has 7 heteroatoms. The Hall–Kier alpha value is -1.98. The van der Waals surface area contributed by atoms with Gasteiger partial charge in [-0.15, -0.1) is 0 Å². The molecule has 0 spiro atoms. The molecule has 0 saturated heterocycles. The van der Waals surface area contributed by atoms with Gasteiger partial charge in [-0.3, -0.25) is 14.8 Å². The SMILES string of the molecule is CCOP(=O)(OCC)C(NNC(=O)c1ccccc1)c1ccccc1. The Kier molecular flexibility index (Phi) is 7.34. The molecule has 0 radical (unpaired) electrons. The topological polar surface area (TPSA) is 76.7 Å². The Morgan fingerprint density at radius 1 is 0.960 bits per heavy atom. The van der Waals surface area contributed by atoms with Crippen LogP contribution in [0.3, 0.4) is 0 Å². The summed E-state index contributed by atoms with van der Waals surface area (Å²) in [7, 11) is -3.52. The van der Waals surface area contributed by atoms with Crippen molar-refractivity contribution in [2.24, 2.45) is 0 Å². The van der Waals surface area contributed by atoms with Gasteiger partial charge in [0.15, 0.2) is 5.78 Å². The molecule has 134 valence electrons. The lowest BCUT2D eigenvalue weighted by molar-refractivity contribution is 0.0927. The lowest BCUT2D eigenvalue weighted by Gasteiger charge is -2.27. The van der Waals surface area contributed by atoms with E-state index in [1.807, 2.05) is 24.3 Å². The summed E-state index contributed by atoms with van der Waals surface area (Å²) in [6.07, 6.45) is 0. The van der Waals surface area contributed by atoms with Crippen LogP contribution in [-0.4, -0.2) is 19.1 Å². The second kappa shape index (κ2) is 9.49. The monoisotopic (exact) mass is 362 g/mol. The third kappa shape index (κ3) is 5.25. The fourth-order valence-corrected chi connectivity index (χ4v) is 4.17. The molecule has 0 heterocycles. The van der Waals surface area contributed by atoms with Gasteiger partial charge in [0.2, 0.25) is 0 Å². The number of hydrogen-bond acceptors (Lipinski definition) is 5. The first kappa shape index (κ1) is 19.3. The van der Waals surface area contributed by atoms with Crippen molar-refractivity contribution in [3.63, 3.8) is 0 Å². The van der Waals surface area contributed by atoms with E-state index in [1.54, 1.807) is 50.2 Å². The fourth-order valence-electron chi connectivity index (χ4n) is 2.32. The van der Waals surface area contributed by atoms with Gasteiger partial charge in [-0.2, -0.15) is 0 Å². The maximum Gasteiger partial charge on any atom is 0.353 e. The predicted octanol–water partition coefficient (Wildman–Crippen LogP) is 3.89.